The van der Waals surface area contributed by atoms with Gasteiger partial charge in [0.25, 0.3) is 7.52 Å². The molecule has 1 fully saturated rings. The molecule has 0 saturated heterocycles. The molecule has 1 N–H and O–H groups in total. The third-order valence-electron chi connectivity index (χ3n) is 5.43. The van der Waals surface area contributed by atoms with E-state index in [2.05, 4.69) is 25.9 Å². The van der Waals surface area contributed by atoms with Gasteiger partial charge < -0.3 is 9.42 Å². The van der Waals surface area contributed by atoms with Crippen LogP contribution in [-0.2, 0) is 9.09 Å². The van der Waals surface area contributed by atoms with Gasteiger partial charge in [0, 0.05) is 25.3 Å². The van der Waals surface area contributed by atoms with E-state index in [1.165, 1.54) is 6.42 Å². The molecule has 0 spiro atoms. The molecule has 1 aromatic rings. The first-order valence-electron chi connectivity index (χ1n) is 10.3. The fraction of sp³-hybridized carbons (Fsp3) is 0.727. The average Bonchev–Trinajstić information content (AvgIpc) is 2.52. The standard InChI is InChI=1S/C22H39N2O2P/c1-16(2)20-14-9-17(3)15-21(20)26-27(25,23-22(4,5)6)19-12-10-18(11-13-19)24(7)8/h10-13,16-17,20-21H,9,14-15H2,1-8H3,(H,23,25)/t17-,20+,21-,27-/m1/s1. The van der Waals surface area contributed by atoms with Crippen LogP contribution in [0.3, 0.4) is 0 Å². The van der Waals surface area contributed by atoms with Crippen LogP contribution < -0.4 is 15.3 Å². The molecule has 1 aromatic carbocycles. The minimum atomic E-state index is -3.18. The van der Waals surface area contributed by atoms with E-state index < -0.39 is 7.52 Å². The molecule has 4 atom stereocenters. The molecule has 0 bridgehead atoms. The second-order valence-corrected chi connectivity index (χ2v) is 11.8. The first-order chi connectivity index (χ1) is 12.4. The topological polar surface area (TPSA) is 41.6 Å². The highest BCUT2D eigenvalue weighted by Gasteiger charge is 2.39. The third kappa shape index (κ3) is 6.07. The van der Waals surface area contributed by atoms with Crippen molar-refractivity contribution in [2.24, 2.45) is 17.8 Å². The average molecular weight is 395 g/mol. The minimum absolute atomic E-state index is 0.0305. The van der Waals surface area contributed by atoms with Crippen LogP contribution in [0.1, 0.15) is 60.8 Å². The number of anilines is 1. The summed E-state index contributed by atoms with van der Waals surface area (Å²) in [5, 5.41) is 4.09. The van der Waals surface area contributed by atoms with Crippen LogP contribution in [0.2, 0.25) is 0 Å². The predicted octanol–water partition coefficient (Wildman–Crippen LogP) is 5.44. The van der Waals surface area contributed by atoms with Crippen molar-refractivity contribution in [2.45, 2.75) is 72.4 Å². The lowest BCUT2D eigenvalue weighted by Crippen LogP contribution is -2.41. The summed E-state index contributed by atoms with van der Waals surface area (Å²) in [5.74, 6) is 1.60. The Hall–Kier alpha value is -0.830. The molecule has 0 heterocycles. The molecule has 4 nitrogen and oxygen atoms in total. The summed E-state index contributed by atoms with van der Waals surface area (Å²) in [6.45, 7) is 12.9. The van der Waals surface area contributed by atoms with Gasteiger partial charge in [-0.1, -0.05) is 27.2 Å². The molecule has 1 saturated carbocycles. The zero-order chi connectivity index (χ0) is 20.4. The van der Waals surface area contributed by atoms with Crippen LogP contribution in [0.5, 0.6) is 0 Å². The van der Waals surface area contributed by atoms with Gasteiger partial charge in [-0.3, -0.25) is 4.57 Å². The van der Waals surface area contributed by atoms with Crippen LogP contribution >= 0.6 is 7.52 Å². The highest BCUT2D eigenvalue weighted by molar-refractivity contribution is 7.65. The summed E-state index contributed by atoms with van der Waals surface area (Å²) in [6.07, 6.45) is 3.40. The maximum atomic E-state index is 14.1. The van der Waals surface area contributed by atoms with E-state index >= 15 is 0 Å². The van der Waals surface area contributed by atoms with E-state index in [1.807, 2.05) is 64.0 Å². The van der Waals surface area contributed by atoms with E-state index in [9.17, 15) is 4.57 Å². The molecule has 0 aromatic heterocycles. The molecular weight excluding hydrogens is 355 g/mol. The molecule has 0 unspecified atom stereocenters. The predicted molar refractivity (Wildman–Crippen MR) is 117 cm³/mol. The van der Waals surface area contributed by atoms with Crippen LogP contribution in [0.15, 0.2) is 24.3 Å². The van der Waals surface area contributed by atoms with Gasteiger partial charge in [0.15, 0.2) is 0 Å². The van der Waals surface area contributed by atoms with E-state index in [-0.39, 0.29) is 11.6 Å². The van der Waals surface area contributed by atoms with Crippen LogP contribution in [0.25, 0.3) is 0 Å². The second kappa shape index (κ2) is 8.68. The molecule has 0 aliphatic heterocycles. The highest BCUT2D eigenvalue weighted by Crippen LogP contribution is 2.49. The zero-order valence-corrected chi connectivity index (χ0v) is 19.3. The number of nitrogens with zero attached hydrogens (tertiary/aromatic N) is 1. The second-order valence-electron chi connectivity index (χ2n) is 9.79. The molecule has 154 valence electrons. The van der Waals surface area contributed by atoms with Crippen molar-refractivity contribution < 1.29 is 9.09 Å². The van der Waals surface area contributed by atoms with Gasteiger partial charge in [-0.25, -0.2) is 5.09 Å². The molecular formula is C22H39N2O2P. The highest BCUT2D eigenvalue weighted by atomic mass is 31.2. The van der Waals surface area contributed by atoms with Crippen molar-refractivity contribution in [1.82, 2.24) is 5.09 Å². The van der Waals surface area contributed by atoms with Crippen molar-refractivity contribution in [1.29, 1.82) is 0 Å². The summed E-state index contributed by atoms with van der Waals surface area (Å²) in [7, 11) is 0.834. The summed E-state index contributed by atoms with van der Waals surface area (Å²) >= 11 is 0. The lowest BCUT2D eigenvalue weighted by Gasteiger charge is -2.40. The van der Waals surface area contributed by atoms with Crippen molar-refractivity contribution >= 4 is 18.5 Å². The number of hydrogen-bond donors (Lipinski definition) is 1. The monoisotopic (exact) mass is 394 g/mol. The minimum Gasteiger partial charge on any atom is -0.378 e. The number of hydrogen-bond acceptors (Lipinski definition) is 3. The van der Waals surface area contributed by atoms with E-state index in [0.717, 1.165) is 23.8 Å². The Labute approximate surface area is 166 Å². The molecule has 2 rings (SSSR count). The van der Waals surface area contributed by atoms with Crippen LogP contribution in [0, 0.1) is 17.8 Å². The Bertz CT molecular complexity index is 649. The van der Waals surface area contributed by atoms with Gasteiger partial charge >= 0.3 is 0 Å². The van der Waals surface area contributed by atoms with Crippen LogP contribution in [0.4, 0.5) is 5.69 Å². The van der Waals surface area contributed by atoms with Crippen molar-refractivity contribution in [2.75, 3.05) is 19.0 Å². The Morgan fingerprint density at radius 2 is 1.74 bits per heavy atom. The lowest BCUT2D eigenvalue weighted by molar-refractivity contribution is 0.0474. The first kappa shape index (κ1) is 22.5. The Morgan fingerprint density at radius 1 is 1.15 bits per heavy atom. The number of rotatable bonds is 6. The zero-order valence-electron chi connectivity index (χ0n) is 18.5. The van der Waals surface area contributed by atoms with Gasteiger partial charge in [0.1, 0.15) is 0 Å². The lowest BCUT2D eigenvalue weighted by atomic mass is 9.75. The van der Waals surface area contributed by atoms with Crippen molar-refractivity contribution in [3.63, 3.8) is 0 Å². The largest absolute Gasteiger partial charge is 0.378 e. The van der Waals surface area contributed by atoms with E-state index in [1.54, 1.807) is 0 Å². The fourth-order valence-electron chi connectivity index (χ4n) is 3.97. The summed E-state index contributed by atoms with van der Waals surface area (Å²) in [6, 6.07) is 7.93. The van der Waals surface area contributed by atoms with Gasteiger partial charge in [-0.05, 0) is 75.6 Å². The Morgan fingerprint density at radius 3 is 2.22 bits per heavy atom. The van der Waals surface area contributed by atoms with Gasteiger partial charge in [-0.2, -0.15) is 0 Å². The molecule has 1 aliphatic carbocycles. The van der Waals surface area contributed by atoms with Crippen LogP contribution in [-0.4, -0.2) is 25.7 Å². The maximum absolute atomic E-state index is 14.1. The van der Waals surface area contributed by atoms with Gasteiger partial charge in [-0.15, -0.1) is 0 Å². The number of benzene rings is 1. The van der Waals surface area contributed by atoms with Crippen molar-refractivity contribution in [3.05, 3.63) is 24.3 Å². The molecule has 27 heavy (non-hydrogen) atoms. The SMILES string of the molecule is CC(C)[C@@H]1CC[C@@H](C)C[C@H]1O[P@@](=O)(NC(C)(C)C)c1ccc(N(C)C)cc1. The fourth-order valence-corrected chi connectivity index (χ4v) is 6.32. The number of nitrogens with one attached hydrogen (secondary N) is 1. The maximum Gasteiger partial charge on any atom is 0.300 e. The molecule has 0 amide bonds. The quantitative estimate of drug-likeness (QED) is 0.653. The first-order valence-corrected chi connectivity index (χ1v) is 11.9. The Kier molecular flexibility index (Phi) is 7.22. The van der Waals surface area contributed by atoms with Gasteiger partial charge in [0.05, 0.1) is 11.4 Å². The summed E-state index contributed by atoms with van der Waals surface area (Å²) < 4.78 is 20.6. The Balaban J connectivity index is 2.36. The summed E-state index contributed by atoms with van der Waals surface area (Å²) in [4.78, 5) is 2.05. The molecule has 1 aliphatic rings. The van der Waals surface area contributed by atoms with Crippen molar-refractivity contribution in [3.8, 4) is 0 Å². The van der Waals surface area contributed by atoms with E-state index in [0.29, 0.717) is 17.8 Å². The third-order valence-corrected chi connectivity index (χ3v) is 7.94. The smallest absolute Gasteiger partial charge is 0.300 e. The molecule has 5 heteroatoms. The van der Waals surface area contributed by atoms with Gasteiger partial charge in [0.2, 0.25) is 0 Å². The molecule has 0 radical (unpaired) electrons. The normalized spacial score (nSPS) is 26.0. The summed E-state index contributed by atoms with van der Waals surface area (Å²) in [5.41, 5.74) is 0.788. The van der Waals surface area contributed by atoms with E-state index in [4.69, 9.17) is 4.52 Å².